The number of aliphatic hydroxyl groups excluding tert-OH is 1. The molecule has 2 N–H and O–H groups in total. The van der Waals surface area contributed by atoms with Crippen LogP contribution in [0.1, 0.15) is 17.3 Å². The van der Waals surface area contributed by atoms with Gasteiger partial charge in [-0.05, 0) is 19.1 Å². The highest BCUT2D eigenvalue weighted by atomic mass is 35.5. The summed E-state index contributed by atoms with van der Waals surface area (Å²) in [6.07, 6.45) is -0.301. The number of ether oxygens (including phenoxy) is 1. The molecule has 1 aliphatic heterocycles. The molecule has 2 heterocycles. The van der Waals surface area contributed by atoms with Gasteiger partial charge >= 0.3 is 5.97 Å². The summed E-state index contributed by atoms with van der Waals surface area (Å²) in [5.41, 5.74) is 0.0919. The van der Waals surface area contributed by atoms with E-state index in [-0.39, 0.29) is 29.5 Å². The van der Waals surface area contributed by atoms with Crippen LogP contribution >= 0.6 is 11.6 Å². The number of carboxylic acids is 1. The van der Waals surface area contributed by atoms with Gasteiger partial charge in [-0.1, -0.05) is 11.6 Å². The van der Waals surface area contributed by atoms with Crippen molar-refractivity contribution in [1.82, 2.24) is 4.98 Å². The van der Waals surface area contributed by atoms with E-state index in [9.17, 15) is 4.79 Å². The summed E-state index contributed by atoms with van der Waals surface area (Å²) < 4.78 is 5.43. The summed E-state index contributed by atoms with van der Waals surface area (Å²) in [4.78, 5) is 17.1. The molecule has 2 rings (SSSR count). The third-order valence-corrected chi connectivity index (χ3v) is 3.22. The van der Waals surface area contributed by atoms with Gasteiger partial charge in [0.1, 0.15) is 11.0 Å². The third-order valence-electron chi connectivity index (χ3n) is 3.03. The SMILES string of the molecule is CC1COC(CO)CN1c1cc(C(=O)O)cc(Cl)n1. The Morgan fingerprint density at radius 3 is 3.00 bits per heavy atom. The van der Waals surface area contributed by atoms with E-state index in [1.807, 2.05) is 11.8 Å². The quantitative estimate of drug-likeness (QED) is 0.807. The normalized spacial score (nSPS) is 23.4. The lowest BCUT2D eigenvalue weighted by atomic mass is 10.2. The van der Waals surface area contributed by atoms with Crippen molar-refractivity contribution in [2.24, 2.45) is 0 Å². The molecule has 0 aliphatic carbocycles. The number of aliphatic hydroxyl groups is 1. The molecule has 6 nitrogen and oxygen atoms in total. The fourth-order valence-corrected chi connectivity index (χ4v) is 2.20. The maximum absolute atomic E-state index is 11.0. The summed E-state index contributed by atoms with van der Waals surface area (Å²) in [6.45, 7) is 2.75. The number of halogens is 1. The number of aromatic carboxylic acids is 1. The Morgan fingerprint density at radius 1 is 1.63 bits per heavy atom. The molecule has 1 aliphatic rings. The Balaban J connectivity index is 2.31. The van der Waals surface area contributed by atoms with Gasteiger partial charge in [0.25, 0.3) is 0 Å². The second-order valence-electron chi connectivity index (χ2n) is 4.48. The fraction of sp³-hybridized carbons (Fsp3) is 0.500. The van der Waals surface area contributed by atoms with Crippen LogP contribution in [0.4, 0.5) is 5.82 Å². The number of carboxylic acid groups (broad SMARTS) is 1. The van der Waals surface area contributed by atoms with Crippen LogP contribution in [-0.4, -0.2) is 53.1 Å². The van der Waals surface area contributed by atoms with E-state index in [0.717, 1.165) is 0 Å². The molecule has 104 valence electrons. The minimum atomic E-state index is -1.05. The van der Waals surface area contributed by atoms with Crippen molar-refractivity contribution >= 4 is 23.4 Å². The first-order valence-electron chi connectivity index (χ1n) is 5.91. The predicted octanol–water partition coefficient (Wildman–Crippen LogP) is 1.02. The highest BCUT2D eigenvalue weighted by molar-refractivity contribution is 6.29. The van der Waals surface area contributed by atoms with Gasteiger partial charge in [-0.25, -0.2) is 9.78 Å². The lowest BCUT2D eigenvalue weighted by molar-refractivity contribution is -0.0105. The molecule has 2 unspecified atom stereocenters. The van der Waals surface area contributed by atoms with E-state index in [2.05, 4.69) is 4.98 Å². The van der Waals surface area contributed by atoms with E-state index in [0.29, 0.717) is 19.0 Å². The number of pyridine rings is 1. The fourth-order valence-electron chi connectivity index (χ4n) is 2.00. The van der Waals surface area contributed by atoms with Gasteiger partial charge in [-0.3, -0.25) is 0 Å². The maximum Gasteiger partial charge on any atom is 0.335 e. The Labute approximate surface area is 115 Å². The van der Waals surface area contributed by atoms with Crippen LogP contribution in [0.25, 0.3) is 0 Å². The molecule has 19 heavy (non-hydrogen) atoms. The van der Waals surface area contributed by atoms with E-state index in [1.165, 1.54) is 12.1 Å². The Bertz CT molecular complexity index is 483. The second-order valence-corrected chi connectivity index (χ2v) is 4.87. The lowest BCUT2D eigenvalue weighted by Crippen LogP contribution is -2.50. The van der Waals surface area contributed by atoms with E-state index in [4.69, 9.17) is 26.6 Å². The zero-order valence-corrected chi connectivity index (χ0v) is 11.2. The van der Waals surface area contributed by atoms with Crippen molar-refractivity contribution in [3.8, 4) is 0 Å². The predicted molar refractivity (Wildman–Crippen MR) is 69.8 cm³/mol. The molecule has 0 bridgehead atoms. The second kappa shape index (κ2) is 5.73. The number of carbonyl (C=O) groups is 1. The van der Waals surface area contributed by atoms with E-state index >= 15 is 0 Å². The van der Waals surface area contributed by atoms with Gasteiger partial charge < -0.3 is 19.8 Å². The van der Waals surface area contributed by atoms with E-state index < -0.39 is 5.97 Å². The van der Waals surface area contributed by atoms with Crippen LogP contribution in [0, 0.1) is 0 Å². The smallest absolute Gasteiger partial charge is 0.335 e. The topological polar surface area (TPSA) is 82.9 Å². The largest absolute Gasteiger partial charge is 0.478 e. The standard InChI is InChI=1S/C12H15ClN2O4/c1-7-6-19-9(5-16)4-15(7)11-3-8(12(17)18)2-10(13)14-11/h2-3,7,9,16H,4-6H2,1H3,(H,17,18). The van der Waals surface area contributed by atoms with Gasteiger partial charge in [-0.2, -0.15) is 0 Å². The van der Waals surface area contributed by atoms with Crippen molar-refractivity contribution in [1.29, 1.82) is 0 Å². The van der Waals surface area contributed by atoms with Crippen LogP contribution < -0.4 is 4.90 Å². The molecule has 0 amide bonds. The number of hydrogen-bond acceptors (Lipinski definition) is 5. The molecular weight excluding hydrogens is 272 g/mol. The van der Waals surface area contributed by atoms with Gasteiger partial charge in [0.05, 0.1) is 30.9 Å². The molecule has 1 aromatic rings. The number of anilines is 1. The summed E-state index contributed by atoms with van der Waals surface area (Å²) in [6, 6.07) is 2.82. The number of morpholine rings is 1. The summed E-state index contributed by atoms with van der Waals surface area (Å²) in [7, 11) is 0. The molecule has 0 aromatic carbocycles. The molecule has 0 spiro atoms. The van der Waals surface area contributed by atoms with Crippen LogP contribution in [0.5, 0.6) is 0 Å². The first-order valence-corrected chi connectivity index (χ1v) is 6.29. The monoisotopic (exact) mass is 286 g/mol. The van der Waals surface area contributed by atoms with Crippen molar-refractivity contribution in [2.75, 3.05) is 24.7 Å². The average molecular weight is 287 g/mol. The highest BCUT2D eigenvalue weighted by Gasteiger charge is 2.27. The Hall–Kier alpha value is -1.37. The Morgan fingerprint density at radius 2 is 2.37 bits per heavy atom. The maximum atomic E-state index is 11.0. The zero-order valence-electron chi connectivity index (χ0n) is 10.4. The molecule has 2 atom stereocenters. The molecular formula is C12H15ClN2O4. The number of aromatic nitrogens is 1. The molecule has 1 fully saturated rings. The van der Waals surface area contributed by atoms with Crippen LogP contribution in [-0.2, 0) is 4.74 Å². The van der Waals surface area contributed by atoms with Crippen molar-refractivity contribution < 1.29 is 19.7 Å². The summed E-state index contributed by atoms with van der Waals surface area (Å²) >= 11 is 5.85. The molecule has 0 saturated carbocycles. The Kier molecular flexibility index (Phi) is 4.24. The van der Waals surface area contributed by atoms with Gasteiger partial charge in [0, 0.05) is 6.54 Å². The number of rotatable bonds is 3. The summed E-state index contributed by atoms with van der Waals surface area (Å²) in [5, 5.41) is 18.3. The van der Waals surface area contributed by atoms with Gasteiger partial charge in [0.15, 0.2) is 0 Å². The minimum Gasteiger partial charge on any atom is -0.478 e. The summed E-state index contributed by atoms with van der Waals surface area (Å²) in [5.74, 6) is -0.565. The van der Waals surface area contributed by atoms with Gasteiger partial charge in [-0.15, -0.1) is 0 Å². The molecule has 1 aromatic heterocycles. The van der Waals surface area contributed by atoms with Crippen LogP contribution in [0.15, 0.2) is 12.1 Å². The van der Waals surface area contributed by atoms with Crippen molar-refractivity contribution in [3.05, 3.63) is 22.8 Å². The lowest BCUT2D eigenvalue weighted by Gasteiger charge is -2.38. The average Bonchev–Trinajstić information content (AvgIpc) is 2.38. The van der Waals surface area contributed by atoms with Crippen molar-refractivity contribution in [2.45, 2.75) is 19.1 Å². The molecule has 0 radical (unpaired) electrons. The van der Waals surface area contributed by atoms with Crippen LogP contribution in [0.2, 0.25) is 5.15 Å². The minimum absolute atomic E-state index is 0.0374. The highest BCUT2D eigenvalue weighted by Crippen LogP contribution is 2.23. The van der Waals surface area contributed by atoms with E-state index in [1.54, 1.807) is 0 Å². The first kappa shape index (κ1) is 14.0. The number of nitrogens with zero attached hydrogens (tertiary/aromatic N) is 2. The van der Waals surface area contributed by atoms with Crippen molar-refractivity contribution in [3.63, 3.8) is 0 Å². The van der Waals surface area contributed by atoms with Crippen LogP contribution in [0.3, 0.4) is 0 Å². The zero-order chi connectivity index (χ0) is 14.0. The molecule has 1 saturated heterocycles. The number of hydrogen-bond donors (Lipinski definition) is 2. The first-order chi connectivity index (χ1) is 9.01. The molecule has 7 heteroatoms. The third kappa shape index (κ3) is 3.15. The van der Waals surface area contributed by atoms with Gasteiger partial charge in [0.2, 0.25) is 0 Å².